The average molecular weight is 495 g/mol. The maximum atomic E-state index is 13.0. The molecule has 34 heavy (non-hydrogen) atoms. The standard InChI is InChI=1S/C26H20Cl2N2O4/c27-19-9-5-16(6-10-19)24(31)15-34-26(33)23(30-25(32)17-7-11-20(28)12-8-17)13-18-14-29-22-4-2-1-3-21(18)22/h1-12,14,23,29H,13,15H2,(H,30,32)/t23-/m0/s1. The molecule has 6 nitrogen and oxygen atoms in total. The van der Waals surface area contributed by atoms with Crippen molar-refractivity contribution in [3.63, 3.8) is 0 Å². The van der Waals surface area contributed by atoms with E-state index >= 15 is 0 Å². The van der Waals surface area contributed by atoms with Gasteiger partial charge in [0.2, 0.25) is 0 Å². The predicted octanol–water partition coefficient (Wildman–Crippen LogP) is 5.24. The van der Waals surface area contributed by atoms with Crippen molar-refractivity contribution in [1.29, 1.82) is 0 Å². The second kappa shape index (κ2) is 10.5. The molecule has 0 saturated heterocycles. The SMILES string of the molecule is O=C(COC(=O)[C@H](Cc1c[nH]c2ccccc12)NC(=O)c1ccc(Cl)cc1)c1ccc(Cl)cc1. The molecule has 4 aromatic rings. The summed E-state index contributed by atoms with van der Waals surface area (Å²) in [6.07, 6.45) is 1.97. The van der Waals surface area contributed by atoms with Gasteiger partial charge in [0, 0.05) is 44.7 Å². The Balaban J connectivity index is 1.51. The number of ether oxygens (including phenoxy) is 1. The quantitative estimate of drug-likeness (QED) is 0.259. The van der Waals surface area contributed by atoms with Crippen molar-refractivity contribution in [2.75, 3.05) is 6.61 Å². The molecule has 0 aliphatic heterocycles. The number of para-hydroxylation sites is 1. The van der Waals surface area contributed by atoms with Crippen LogP contribution in [0.15, 0.2) is 79.0 Å². The number of amides is 1. The Labute approximate surface area is 205 Å². The smallest absolute Gasteiger partial charge is 0.329 e. The summed E-state index contributed by atoms with van der Waals surface area (Å²) in [4.78, 5) is 41.4. The van der Waals surface area contributed by atoms with Gasteiger partial charge in [0.05, 0.1) is 0 Å². The maximum absolute atomic E-state index is 13.0. The third-order valence-corrected chi connectivity index (χ3v) is 5.81. The number of benzene rings is 3. The van der Waals surface area contributed by atoms with Crippen LogP contribution in [-0.2, 0) is 16.0 Å². The summed E-state index contributed by atoms with van der Waals surface area (Å²) in [5.74, 6) is -1.54. The zero-order valence-corrected chi connectivity index (χ0v) is 19.4. The Bertz CT molecular complexity index is 1330. The first-order valence-electron chi connectivity index (χ1n) is 10.5. The molecular formula is C26H20Cl2N2O4. The molecule has 0 saturated carbocycles. The van der Waals surface area contributed by atoms with Crippen LogP contribution < -0.4 is 5.32 Å². The van der Waals surface area contributed by atoms with Crippen LogP contribution in [0.4, 0.5) is 0 Å². The zero-order valence-electron chi connectivity index (χ0n) is 17.9. The molecule has 0 unspecified atom stereocenters. The number of esters is 1. The minimum absolute atomic E-state index is 0.178. The molecule has 2 N–H and O–H groups in total. The van der Waals surface area contributed by atoms with Crippen LogP contribution in [0.3, 0.4) is 0 Å². The minimum atomic E-state index is -1.01. The van der Waals surface area contributed by atoms with Crippen LogP contribution in [0.2, 0.25) is 10.0 Å². The molecule has 0 fully saturated rings. The lowest BCUT2D eigenvalue weighted by molar-refractivity contribution is -0.144. The number of ketones is 1. The highest BCUT2D eigenvalue weighted by Crippen LogP contribution is 2.20. The van der Waals surface area contributed by atoms with E-state index in [2.05, 4.69) is 10.3 Å². The number of hydrogen-bond acceptors (Lipinski definition) is 4. The van der Waals surface area contributed by atoms with E-state index in [0.717, 1.165) is 16.5 Å². The van der Waals surface area contributed by atoms with E-state index in [1.54, 1.807) is 54.7 Å². The van der Waals surface area contributed by atoms with Gasteiger partial charge in [-0.05, 0) is 60.2 Å². The van der Waals surface area contributed by atoms with Crippen LogP contribution in [0.1, 0.15) is 26.3 Å². The summed E-state index contributed by atoms with van der Waals surface area (Å²) in [5.41, 5.74) is 2.46. The van der Waals surface area contributed by atoms with E-state index in [-0.39, 0.29) is 12.2 Å². The van der Waals surface area contributed by atoms with Gasteiger partial charge in [-0.15, -0.1) is 0 Å². The number of aromatic amines is 1. The van der Waals surface area contributed by atoms with E-state index in [1.807, 2.05) is 24.3 Å². The monoisotopic (exact) mass is 494 g/mol. The number of halogens is 2. The number of carbonyl (C=O) groups is 3. The van der Waals surface area contributed by atoms with E-state index in [9.17, 15) is 14.4 Å². The van der Waals surface area contributed by atoms with Gasteiger partial charge < -0.3 is 15.0 Å². The largest absolute Gasteiger partial charge is 0.456 e. The van der Waals surface area contributed by atoms with Crippen LogP contribution in [0.5, 0.6) is 0 Å². The Hall–Kier alpha value is -3.61. The summed E-state index contributed by atoms with van der Waals surface area (Å²) in [5, 5.41) is 4.65. The molecular weight excluding hydrogens is 475 g/mol. The van der Waals surface area contributed by atoms with Crippen LogP contribution in [0.25, 0.3) is 10.9 Å². The summed E-state index contributed by atoms with van der Waals surface area (Å²) >= 11 is 11.8. The highest BCUT2D eigenvalue weighted by Gasteiger charge is 2.25. The fourth-order valence-corrected chi connectivity index (χ4v) is 3.76. The first-order chi connectivity index (χ1) is 16.4. The second-order valence-corrected chi connectivity index (χ2v) is 8.51. The first kappa shape index (κ1) is 23.5. The van der Waals surface area contributed by atoms with Gasteiger partial charge >= 0.3 is 5.97 Å². The summed E-state index contributed by atoms with van der Waals surface area (Å²) < 4.78 is 5.30. The van der Waals surface area contributed by atoms with Crippen LogP contribution in [-0.4, -0.2) is 35.3 Å². The molecule has 1 atom stereocenters. The van der Waals surface area contributed by atoms with Gasteiger partial charge in [0.25, 0.3) is 5.91 Å². The Morgan fingerprint density at radius 2 is 1.47 bits per heavy atom. The van der Waals surface area contributed by atoms with Gasteiger partial charge in [-0.25, -0.2) is 4.79 Å². The molecule has 172 valence electrons. The summed E-state index contributed by atoms with van der Waals surface area (Å²) in [7, 11) is 0. The van der Waals surface area contributed by atoms with Gasteiger partial charge in [0.1, 0.15) is 6.04 Å². The molecule has 0 aliphatic carbocycles. The lowest BCUT2D eigenvalue weighted by Gasteiger charge is -2.17. The summed E-state index contributed by atoms with van der Waals surface area (Å²) in [6, 6.07) is 19.2. The topological polar surface area (TPSA) is 88.3 Å². The maximum Gasteiger partial charge on any atom is 0.329 e. The van der Waals surface area contributed by atoms with Crippen molar-refractivity contribution in [2.45, 2.75) is 12.5 Å². The number of Topliss-reactive ketones (excluding diaryl/α,β-unsaturated/α-hetero) is 1. The molecule has 1 heterocycles. The minimum Gasteiger partial charge on any atom is -0.456 e. The van der Waals surface area contributed by atoms with Gasteiger partial charge in [0.15, 0.2) is 12.4 Å². The fourth-order valence-electron chi connectivity index (χ4n) is 3.51. The number of nitrogens with one attached hydrogen (secondary N) is 2. The number of rotatable bonds is 8. The van der Waals surface area contributed by atoms with Crippen LogP contribution >= 0.6 is 23.2 Å². The Kier molecular flexibility index (Phi) is 7.30. The molecule has 0 spiro atoms. The average Bonchev–Trinajstić information content (AvgIpc) is 3.25. The number of carbonyl (C=O) groups excluding carboxylic acids is 3. The Morgan fingerprint density at radius 3 is 2.15 bits per heavy atom. The molecule has 4 rings (SSSR count). The molecule has 8 heteroatoms. The third kappa shape index (κ3) is 5.65. The van der Waals surface area contributed by atoms with Gasteiger partial charge in [-0.2, -0.15) is 0 Å². The number of H-pyrrole nitrogens is 1. The lowest BCUT2D eigenvalue weighted by atomic mass is 10.0. The lowest BCUT2D eigenvalue weighted by Crippen LogP contribution is -2.43. The number of aromatic nitrogens is 1. The molecule has 3 aromatic carbocycles. The zero-order chi connectivity index (χ0) is 24.1. The normalized spacial score (nSPS) is 11.7. The van der Waals surface area contributed by atoms with Gasteiger partial charge in [-0.1, -0.05) is 41.4 Å². The highest BCUT2D eigenvalue weighted by molar-refractivity contribution is 6.31. The van der Waals surface area contributed by atoms with Crippen molar-refractivity contribution in [1.82, 2.24) is 10.3 Å². The Morgan fingerprint density at radius 1 is 0.853 bits per heavy atom. The molecule has 0 bridgehead atoms. The third-order valence-electron chi connectivity index (χ3n) is 5.31. The van der Waals surface area contributed by atoms with E-state index in [0.29, 0.717) is 21.2 Å². The van der Waals surface area contributed by atoms with Crippen molar-refractivity contribution < 1.29 is 19.1 Å². The second-order valence-electron chi connectivity index (χ2n) is 7.63. The van der Waals surface area contributed by atoms with Crippen molar-refractivity contribution >= 4 is 51.8 Å². The number of hydrogen-bond donors (Lipinski definition) is 2. The van der Waals surface area contributed by atoms with Crippen molar-refractivity contribution in [2.24, 2.45) is 0 Å². The van der Waals surface area contributed by atoms with E-state index < -0.39 is 24.5 Å². The molecule has 0 radical (unpaired) electrons. The van der Waals surface area contributed by atoms with Gasteiger partial charge in [-0.3, -0.25) is 9.59 Å². The number of fused-ring (bicyclic) bond motifs is 1. The summed E-state index contributed by atoms with van der Waals surface area (Å²) in [6.45, 7) is -0.457. The van der Waals surface area contributed by atoms with E-state index in [1.165, 1.54) is 0 Å². The first-order valence-corrected chi connectivity index (χ1v) is 11.2. The van der Waals surface area contributed by atoms with Crippen molar-refractivity contribution in [3.05, 3.63) is 106 Å². The highest BCUT2D eigenvalue weighted by atomic mass is 35.5. The van der Waals surface area contributed by atoms with Crippen LogP contribution in [0, 0.1) is 0 Å². The molecule has 1 aromatic heterocycles. The predicted molar refractivity (Wildman–Crippen MR) is 131 cm³/mol. The van der Waals surface area contributed by atoms with Crippen molar-refractivity contribution in [3.8, 4) is 0 Å². The van der Waals surface area contributed by atoms with E-state index in [4.69, 9.17) is 27.9 Å². The molecule has 1 amide bonds. The molecule has 0 aliphatic rings. The fraction of sp³-hybridized carbons (Fsp3) is 0.115.